The lowest BCUT2D eigenvalue weighted by atomic mass is 9.91. The molecule has 0 saturated heterocycles. The first-order valence-electron chi connectivity index (χ1n) is 12.0. The third-order valence-corrected chi connectivity index (χ3v) is 6.73. The second-order valence-electron chi connectivity index (χ2n) is 9.40. The Morgan fingerprint density at radius 3 is 2.50 bits per heavy atom. The number of nitro groups is 1. The first-order valence-corrected chi connectivity index (χ1v) is 12.0. The van der Waals surface area contributed by atoms with Crippen molar-refractivity contribution in [2.24, 2.45) is 0 Å². The van der Waals surface area contributed by atoms with Crippen molar-refractivity contribution in [2.75, 3.05) is 29.6 Å². The first kappa shape index (κ1) is 23.7. The fourth-order valence-corrected chi connectivity index (χ4v) is 4.87. The van der Waals surface area contributed by atoms with E-state index in [2.05, 4.69) is 20.9 Å². The fourth-order valence-electron chi connectivity index (χ4n) is 4.87. The maximum absolute atomic E-state index is 12.5. The molecule has 0 radical (unpaired) electrons. The summed E-state index contributed by atoms with van der Waals surface area (Å²) < 4.78 is 0. The molecule has 4 rings (SSSR count). The van der Waals surface area contributed by atoms with Gasteiger partial charge in [0.15, 0.2) is 0 Å². The van der Waals surface area contributed by atoms with Crippen LogP contribution in [-0.4, -0.2) is 47.1 Å². The Labute approximate surface area is 199 Å². The van der Waals surface area contributed by atoms with Crippen LogP contribution in [0.5, 0.6) is 0 Å². The highest BCUT2D eigenvalue weighted by atomic mass is 16.6. The molecular weight excluding hydrogens is 434 g/mol. The van der Waals surface area contributed by atoms with Crippen molar-refractivity contribution in [3.8, 4) is 0 Å². The average molecular weight is 468 g/mol. The predicted octanol–water partition coefficient (Wildman–Crippen LogP) is 4.18. The minimum absolute atomic E-state index is 0.00814. The van der Waals surface area contributed by atoms with E-state index in [1.54, 1.807) is 19.1 Å². The van der Waals surface area contributed by atoms with E-state index in [1.165, 1.54) is 24.5 Å². The molecule has 0 atom stereocenters. The Hall–Kier alpha value is -3.43. The third kappa shape index (κ3) is 5.37. The van der Waals surface area contributed by atoms with Crippen molar-refractivity contribution < 1.29 is 9.72 Å². The molecule has 0 unspecified atom stereocenters. The monoisotopic (exact) mass is 467 g/mol. The SMILES string of the molecule is Cc1c(NC(=O)NC2CCC(Nc3nc4c(c(N(C)C)n3)CCCC4)CC2)cccc1[N+](=O)[O-]. The van der Waals surface area contributed by atoms with E-state index in [9.17, 15) is 14.9 Å². The van der Waals surface area contributed by atoms with Gasteiger partial charge in [0, 0.05) is 37.8 Å². The lowest BCUT2D eigenvalue weighted by molar-refractivity contribution is -0.385. The van der Waals surface area contributed by atoms with Crippen LogP contribution in [0.1, 0.15) is 55.3 Å². The van der Waals surface area contributed by atoms with Gasteiger partial charge < -0.3 is 20.9 Å². The van der Waals surface area contributed by atoms with Crippen LogP contribution in [0.3, 0.4) is 0 Å². The van der Waals surface area contributed by atoms with Gasteiger partial charge in [-0.3, -0.25) is 10.1 Å². The number of nitrogens with one attached hydrogen (secondary N) is 3. The van der Waals surface area contributed by atoms with E-state index < -0.39 is 4.92 Å². The molecule has 10 nitrogen and oxygen atoms in total. The Kier molecular flexibility index (Phi) is 7.14. The van der Waals surface area contributed by atoms with Crippen LogP contribution in [0.15, 0.2) is 18.2 Å². The molecule has 1 fully saturated rings. The molecule has 2 amide bonds. The number of carbonyl (C=O) groups is 1. The summed E-state index contributed by atoms with van der Waals surface area (Å²) in [7, 11) is 4.05. The normalized spacial score (nSPS) is 19.6. The molecular formula is C24H33N7O3. The summed E-state index contributed by atoms with van der Waals surface area (Å²) in [6.45, 7) is 1.63. The number of amides is 2. The van der Waals surface area contributed by atoms with Crippen molar-refractivity contribution in [1.82, 2.24) is 15.3 Å². The maximum atomic E-state index is 12.5. The van der Waals surface area contributed by atoms with Crippen LogP contribution in [-0.2, 0) is 12.8 Å². The van der Waals surface area contributed by atoms with Crippen LogP contribution in [0, 0.1) is 17.0 Å². The Morgan fingerprint density at radius 2 is 1.79 bits per heavy atom. The fraction of sp³-hybridized carbons (Fsp3) is 0.542. The molecule has 0 aliphatic heterocycles. The molecule has 2 aliphatic rings. The van der Waals surface area contributed by atoms with Gasteiger partial charge in [0.25, 0.3) is 5.69 Å². The smallest absolute Gasteiger partial charge is 0.319 e. The van der Waals surface area contributed by atoms with Gasteiger partial charge in [0.1, 0.15) is 5.82 Å². The Balaban J connectivity index is 1.31. The van der Waals surface area contributed by atoms with Gasteiger partial charge in [0.2, 0.25) is 5.95 Å². The summed E-state index contributed by atoms with van der Waals surface area (Å²) in [5.74, 6) is 1.70. The number of hydrogen-bond donors (Lipinski definition) is 3. The quantitative estimate of drug-likeness (QED) is 0.430. The molecule has 182 valence electrons. The zero-order valence-electron chi connectivity index (χ0n) is 20.1. The molecule has 0 bridgehead atoms. The van der Waals surface area contributed by atoms with E-state index >= 15 is 0 Å². The maximum Gasteiger partial charge on any atom is 0.319 e. The van der Waals surface area contributed by atoms with E-state index in [1.807, 2.05) is 14.1 Å². The van der Waals surface area contributed by atoms with Crippen LogP contribution in [0.4, 0.5) is 27.9 Å². The second kappa shape index (κ2) is 10.2. The topological polar surface area (TPSA) is 125 Å². The molecule has 1 aromatic heterocycles. The zero-order chi connectivity index (χ0) is 24.2. The number of aromatic nitrogens is 2. The highest BCUT2D eigenvalue weighted by molar-refractivity contribution is 5.90. The van der Waals surface area contributed by atoms with Gasteiger partial charge >= 0.3 is 6.03 Å². The Morgan fingerprint density at radius 1 is 1.09 bits per heavy atom. The third-order valence-electron chi connectivity index (χ3n) is 6.73. The predicted molar refractivity (Wildman–Crippen MR) is 133 cm³/mol. The van der Waals surface area contributed by atoms with Crippen molar-refractivity contribution in [1.29, 1.82) is 0 Å². The molecule has 1 saturated carbocycles. The van der Waals surface area contributed by atoms with Crippen molar-refractivity contribution in [3.63, 3.8) is 0 Å². The summed E-state index contributed by atoms with van der Waals surface area (Å²) in [5.41, 5.74) is 3.32. The number of hydrogen-bond acceptors (Lipinski definition) is 7. The molecule has 3 N–H and O–H groups in total. The minimum atomic E-state index is -0.444. The highest BCUT2D eigenvalue weighted by Crippen LogP contribution is 2.30. The minimum Gasteiger partial charge on any atom is -0.362 e. The van der Waals surface area contributed by atoms with Gasteiger partial charge in [0.05, 0.1) is 21.9 Å². The standard InChI is InChI=1S/C24H33N7O3/c1-15-19(9-6-10-21(15)31(33)34)28-24(32)26-17-13-11-16(12-14-17)25-23-27-20-8-5-4-7-18(20)22(29-23)30(2)3/h6,9-10,16-17H,4-5,7-8,11-14H2,1-3H3,(H,25,27,29)(H2,26,28,32). The lowest BCUT2D eigenvalue weighted by Gasteiger charge is -2.30. The lowest BCUT2D eigenvalue weighted by Crippen LogP contribution is -2.42. The summed E-state index contributed by atoms with van der Waals surface area (Å²) in [6, 6.07) is 4.65. The van der Waals surface area contributed by atoms with Crippen LogP contribution < -0.4 is 20.9 Å². The number of nitro benzene ring substituents is 1. The van der Waals surface area contributed by atoms with Crippen molar-refractivity contribution in [2.45, 2.75) is 70.4 Å². The molecule has 10 heteroatoms. The average Bonchev–Trinajstić information content (AvgIpc) is 2.81. The number of fused-ring (bicyclic) bond motifs is 1. The molecule has 34 heavy (non-hydrogen) atoms. The van der Waals surface area contributed by atoms with Crippen molar-refractivity contribution in [3.05, 3.63) is 45.1 Å². The number of nitrogens with zero attached hydrogens (tertiary/aromatic N) is 4. The number of urea groups is 1. The largest absolute Gasteiger partial charge is 0.362 e. The molecule has 1 aromatic carbocycles. The van der Waals surface area contributed by atoms with Crippen molar-refractivity contribution >= 4 is 29.2 Å². The Bertz CT molecular complexity index is 1060. The summed E-state index contributed by atoms with van der Waals surface area (Å²) >= 11 is 0. The number of anilines is 3. The van der Waals surface area contributed by atoms with E-state index in [4.69, 9.17) is 9.97 Å². The summed E-state index contributed by atoms with van der Waals surface area (Å²) in [6.07, 6.45) is 7.88. The molecule has 2 aromatic rings. The highest BCUT2D eigenvalue weighted by Gasteiger charge is 2.25. The van der Waals surface area contributed by atoms with Crippen LogP contribution in [0.2, 0.25) is 0 Å². The van der Waals surface area contributed by atoms with Gasteiger partial charge in [-0.2, -0.15) is 4.98 Å². The number of carbonyl (C=O) groups excluding carboxylic acids is 1. The summed E-state index contributed by atoms with van der Waals surface area (Å²) in [5, 5.41) is 20.4. The van der Waals surface area contributed by atoms with E-state index in [-0.39, 0.29) is 23.8 Å². The van der Waals surface area contributed by atoms with Gasteiger partial charge in [-0.05, 0) is 64.4 Å². The zero-order valence-corrected chi connectivity index (χ0v) is 20.1. The van der Waals surface area contributed by atoms with Gasteiger partial charge in [-0.25, -0.2) is 9.78 Å². The molecule has 0 spiro atoms. The van der Waals surface area contributed by atoms with E-state index in [0.717, 1.165) is 50.0 Å². The molecule has 2 aliphatic carbocycles. The molecule has 1 heterocycles. The summed E-state index contributed by atoms with van der Waals surface area (Å²) in [4.78, 5) is 34.9. The van der Waals surface area contributed by atoms with Crippen LogP contribution >= 0.6 is 0 Å². The van der Waals surface area contributed by atoms with Crippen LogP contribution in [0.25, 0.3) is 0 Å². The first-order chi connectivity index (χ1) is 16.3. The van der Waals surface area contributed by atoms with Gasteiger partial charge in [-0.15, -0.1) is 0 Å². The van der Waals surface area contributed by atoms with E-state index in [0.29, 0.717) is 17.2 Å². The number of benzene rings is 1. The number of aryl methyl sites for hydroxylation is 1. The van der Waals surface area contributed by atoms with Gasteiger partial charge in [-0.1, -0.05) is 6.07 Å². The number of rotatable bonds is 6. The second-order valence-corrected chi connectivity index (χ2v) is 9.40.